The molecule has 0 aromatic heterocycles. The number of rotatable bonds is 7. The van der Waals surface area contributed by atoms with Crippen molar-refractivity contribution in [2.75, 3.05) is 13.2 Å². The molecule has 0 aromatic rings. The van der Waals surface area contributed by atoms with Gasteiger partial charge in [-0.3, -0.25) is 4.79 Å². The van der Waals surface area contributed by atoms with Crippen molar-refractivity contribution in [2.45, 2.75) is 44.8 Å². The van der Waals surface area contributed by atoms with Crippen LogP contribution < -0.4 is 0 Å². The summed E-state index contributed by atoms with van der Waals surface area (Å²) in [6.45, 7) is 5.03. The van der Waals surface area contributed by atoms with Crippen LogP contribution in [0.5, 0.6) is 0 Å². The standard InChI is InChI=1S/C12H18F4O4/c1-8(2)10(4,13)5-6-19-7-11(18,12(14,15)16)20-9(3)17/h18H,1,5-7H2,2-4H3. The number of hydrogen-bond donors (Lipinski definition) is 1. The van der Waals surface area contributed by atoms with E-state index < -0.39 is 36.8 Å². The van der Waals surface area contributed by atoms with Gasteiger partial charge in [-0.1, -0.05) is 6.58 Å². The first kappa shape index (κ1) is 18.9. The van der Waals surface area contributed by atoms with Crippen LogP contribution in [-0.4, -0.2) is 41.9 Å². The monoisotopic (exact) mass is 302 g/mol. The summed E-state index contributed by atoms with van der Waals surface area (Å²) in [6, 6.07) is 0. The zero-order chi connectivity index (χ0) is 16.2. The maximum absolute atomic E-state index is 13.7. The fourth-order valence-corrected chi connectivity index (χ4v) is 1.09. The Bertz CT molecular complexity index is 365. The number of alkyl halides is 4. The largest absolute Gasteiger partial charge is 0.457 e. The van der Waals surface area contributed by atoms with E-state index in [0.29, 0.717) is 0 Å². The molecule has 0 radical (unpaired) electrons. The van der Waals surface area contributed by atoms with Crippen molar-refractivity contribution in [1.82, 2.24) is 0 Å². The molecular formula is C12H18F4O4. The van der Waals surface area contributed by atoms with E-state index in [4.69, 9.17) is 0 Å². The fourth-order valence-electron chi connectivity index (χ4n) is 1.09. The molecule has 0 aliphatic rings. The highest BCUT2D eigenvalue weighted by Crippen LogP contribution is 2.32. The van der Waals surface area contributed by atoms with E-state index in [1.807, 2.05) is 0 Å². The summed E-state index contributed by atoms with van der Waals surface area (Å²) in [5.41, 5.74) is -1.59. The minimum absolute atomic E-state index is 0.201. The molecule has 0 fully saturated rings. The van der Waals surface area contributed by atoms with Gasteiger partial charge < -0.3 is 14.6 Å². The minimum atomic E-state index is -5.22. The second-order valence-electron chi connectivity index (χ2n) is 4.66. The van der Waals surface area contributed by atoms with Crippen molar-refractivity contribution < 1.29 is 36.9 Å². The first-order valence-corrected chi connectivity index (χ1v) is 5.73. The van der Waals surface area contributed by atoms with Crippen LogP contribution in [0, 0.1) is 0 Å². The van der Waals surface area contributed by atoms with Crippen molar-refractivity contribution in [3.63, 3.8) is 0 Å². The number of esters is 1. The molecule has 20 heavy (non-hydrogen) atoms. The van der Waals surface area contributed by atoms with Gasteiger partial charge in [-0.25, -0.2) is 4.39 Å². The lowest BCUT2D eigenvalue weighted by molar-refractivity contribution is -0.363. The van der Waals surface area contributed by atoms with Gasteiger partial charge in [-0.15, -0.1) is 0 Å². The van der Waals surface area contributed by atoms with E-state index in [1.54, 1.807) is 0 Å². The van der Waals surface area contributed by atoms with E-state index >= 15 is 0 Å². The van der Waals surface area contributed by atoms with Crippen LogP contribution >= 0.6 is 0 Å². The van der Waals surface area contributed by atoms with E-state index in [1.165, 1.54) is 13.8 Å². The zero-order valence-electron chi connectivity index (χ0n) is 11.5. The Morgan fingerprint density at radius 1 is 1.25 bits per heavy atom. The van der Waals surface area contributed by atoms with E-state index in [2.05, 4.69) is 16.1 Å². The maximum atomic E-state index is 13.7. The van der Waals surface area contributed by atoms with Crippen LogP contribution in [-0.2, 0) is 14.3 Å². The number of carbonyl (C=O) groups excluding carboxylic acids is 1. The van der Waals surface area contributed by atoms with Gasteiger partial charge in [0.2, 0.25) is 0 Å². The van der Waals surface area contributed by atoms with Gasteiger partial charge in [0.15, 0.2) is 0 Å². The molecule has 0 aliphatic heterocycles. The van der Waals surface area contributed by atoms with Gasteiger partial charge in [0, 0.05) is 13.3 Å². The van der Waals surface area contributed by atoms with Gasteiger partial charge in [0.25, 0.3) is 0 Å². The van der Waals surface area contributed by atoms with Crippen molar-refractivity contribution in [3.05, 3.63) is 12.2 Å². The van der Waals surface area contributed by atoms with Crippen LogP contribution in [0.15, 0.2) is 12.2 Å². The lowest BCUT2D eigenvalue weighted by atomic mass is 9.97. The second-order valence-corrected chi connectivity index (χ2v) is 4.66. The number of hydrogen-bond acceptors (Lipinski definition) is 4. The van der Waals surface area contributed by atoms with Crippen LogP contribution in [0.1, 0.15) is 27.2 Å². The molecule has 0 rings (SSSR count). The van der Waals surface area contributed by atoms with Crippen molar-refractivity contribution >= 4 is 5.97 Å². The number of allylic oxidation sites excluding steroid dienone is 1. The lowest BCUT2D eigenvalue weighted by Gasteiger charge is -2.29. The third-order valence-electron chi connectivity index (χ3n) is 2.66. The topological polar surface area (TPSA) is 55.8 Å². The molecule has 0 saturated heterocycles. The Morgan fingerprint density at radius 3 is 2.10 bits per heavy atom. The highest BCUT2D eigenvalue weighted by Gasteiger charge is 2.57. The molecule has 2 atom stereocenters. The molecule has 4 nitrogen and oxygen atoms in total. The number of aliphatic hydroxyl groups is 1. The minimum Gasteiger partial charge on any atom is -0.421 e. The molecule has 0 saturated carbocycles. The zero-order valence-corrected chi connectivity index (χ0v) is 11.5. The summed E-state index contributed by atoms with van der Waals surface area (Å²) in [7, 11) is 0. The Morgan fingerprint density at radius 2 is 1.75 bits per heavy atom. The summed E-state index contributed by atoms with van der Waals surface area (Å²) in [5, 5.41) is 9.25. The molecular weight excluding hydrogens is 284 g/mol. The molecule has 0 bridgehead atoms. The lowest BCUT2D eigenvalue weighted by Crippen LogP contribution is -2.52. The smallest absolute Gasteiger partial charge is 0.421 e. The first-order chi connectivity index (χ1) is 8.82. The highest BCUT2D eigenvalue weighted by atomic mass is 19.4. The fraction of sp³-hybridized carbons (Fsp3) is 0.750. The first-order valence-electron chi connectivity index (χ1n) is 5.73. The van der Waals surface area contributed by atoms with Crippen LogP contribution in [0.25, 0.3) is 0 Å². The normalized spacial score (nSPS) is 18.0. The maximum Gasteiger partial charge on any atom is 0.457 e. The van der Waals surface area contributed by atoms with Gasteiger partial charge in [0.05, 0.1) is 6.61 Å². The third-order valence-corrected chi connectivity index (χ3v) is 2.66. The summed E-state index contributed by atoms with van der Waals surface area (Å²) in [5.74, 6) is -5.06. The van der Waals surface area contributed by atoms with Crippen molar-refractivity contribution in [3.8, 4) is 0 Å². The average molecular weight is 302 g/mol. The molecule has 2 unspecified atom stereocenters. The van der Waals surface area contributed by atoms with Gasteiger partial charge in [-0.2, -0.15) is 13.2 Å². The van der Waals surface area contributed by atoms with E-state index in [9.17, 15) is 27.5 Å². The molecule has 118 valence electrons. The molecule has 1 N–H and O–H groups in total. The number of halogens is 4. The molecule has 0 aromatic carbocycles. The van der Waals surface area contributed by atoms with Crippen LogP contribution in [0.3, 0.4) is 0 Å². The van der Waals surface area contributed by atoms with Crippen LogP contribution in [0.4, 0.5) is 17.6 Å². The average Bonchev–Trinajstić information content (AvgIpc) is 2.21. The van der Waals surface area contributed by atoms with Gasteiger partial charge in [-0.05, 0) is 19.4 Å². The SMILES string of the molecule is C=C(C)C(C)(F)CCOCC(O)(OC(C)=O)C(F)(F)F. The summed E-state index contributed by atoms with van der Waals surface area (Å²) in [4.78, 5) is 10.6. The second kappa shape index (κ2) is 6.53. The quantitative estimate of drug-likeness (QED) is 0.258. The molecule has 0 aliphatic carbocycles. The summed E-state index contributed by atoms with van der Waals surface area (Å²) >= 11 is 0. The Balaban J connectivity index is 4.51. The molecule has 0 amide bonds. The number of ether oxygens (including phenoxy) is 2. The molecule has 0 spiro atoms. The summed E-state index contributed by atoms with van der Waals surface area (Å²) in [6.07, 6.45) is -5.46. The summed E-state index contributed by atoms with van der Waals surface area (Å²) < 4.78 is 59.8. The highest BCUT2D eigenvalue weighted by molar-refractivity contribution is 5.66. The van der Waals surface area contributed by atoms with Crippen molar-refractivity contribution in [1.29, 1.82) is 0 Å². The van der Waals surface area contributed by atoms with Gasteiger partial charge >= 0.3 is 17.9 Å². The Labute approximate surface area is 114 Å². The Kier molecular flexibility index (Phi) is 6.16. The third kappa shape index (κ3) is 5.46. The van der Waals surface area contributed by atoms with Crippen LogP contribution in [0.2, 0.25) is 0 Å². The van der Waals surface area contributed by atoms with E-state index in [0.717, 1.165) is 6.92 Å². The van der Waals surface area contributed by atoms with E-state index in [-0.39, 0.29) is 12.0 Å². The van der Waals surface area contributed by atoms with Gasteiger partial charge in [0.1, 0.15) is 12.3 Å². The predicted octanol–water partition coefficient (Wildman–Crippen LogP) is 2.51. The molecule has 8 heteroatoms. The number of carbonyl (C=O) groups is 1. The molecule has 0 heterocycles. The van der Waals surface area contributed by atoms with Crippen molar-refractivity contribution in [2.24, 2.45) is 0 Å². The predicted molar refractivity (Wildman–Crippen MR) is 62.5 cm³/mol. The Hall–Kier alpha value is -1.15.